The summed E-state index contributed by atoms with van der Waals surface area (Å²) in [6.45, 7) is 4.75. The van der Waals surface area contributed by atoms with Gasteiger partial charge in [0.1, 0.15) is 22.3 Å². The highest BCUT2D eigenvalue weighted by atomic mass is 32.1. The molecule has 1 fully saturated rings. The maximum Gasteiger partial charge on any atom is 0.225 e. The van der Waals surface area contributed by atoms with Gasteiger partial charge in [0.2, 0.25) is 5.95 Å². The van der Waals surface area contributed by atoms with Crippen LogP contribution in [0.4, 0.5) is 11.8 Å². The van der Waals surface area contributed by atoms with Crippen LogP contribution in [0.5, 0.6) is 0 Å². The zero-order valence-electron chi connectivity index (χ0n) is 20.5. The highest BCUT2D eigenvalue weighted by molar-refractivity contribution is 7.09. The maximum atomic E-state index is 11.5. The number of aliphatic hydroxyl groups excluding tert-OH is 1. The van der Waals surface area contributed by atoms with Crippen LogP contribution < -0.4 is 10.6 Å². The zero-order valence-corrected chi connectivity index (χ0v) is 21.3. The number of aliphatic hydroxyl groups is 2. The van der Waals surface area contributed by atoms with Gasteiger partial charge in [-0.15, -0.1) is 11.3 Å². The summed E-state index contributed by atoms with van der Waals surface area (Å²) in [7, 11) is 1.63. The van der Waals surface area contributed by atoms with Gasteiger partial charge in [-0.2, -0.15) is 4.98 Å². The number of thiazole rings is 1. The van der Waals surface area contributed by atoms with Gasteiger partial charge in [-0.3, -0.25) is 4.98 Å². The van der Waals surface area contributed by atoms with Gasteiger partial charge in [-0.1, -0.05) is 6.92 Å². The van der Waals surface area contributed by atoms with Crippen molar-refractivity contribution in [2.75, 3.05) is 24.4 Å². The molecule has 0 saturated heterocycles. The summed E-state index contributed by atoms with van der Waals surface area (Å²) in [4.78, 5) is 18.1. The topological polar surface area (TPSA) is 138 Å². The quantitative estimate of drug-likeness (QED) is 0.245. The van der Waals surface area contributed by atoms with Crippen LogP contribution in [0.25, 0.3) is 22.3 Å². The van der Waals surface area contributed by atoms with E-state index in [0.717, 1.165) is 16.1 Å². The molecule has 1 aliphatic carbocycles. The molecule has 0 aromatic carbocycles. The second kappa shape index (κ2) is 10.1. The molecule has 0 spiro atoms. The molecular weight excluding hydrogens is 480 g/mol. The lowest BCUT2D eigenvalue weighted by atomic mass is 9.93. The van der Waals surface area contributed by atoms with Crippen LogP contribution in [0.3, 0.4) is 0 Å². The molecule has 10 nitrogen and oxygen atoms in total. The van der Waals surface area contributed by atoms with Gasteiger partial charge in [-0.25, -0.2) is 9.97 Å². The van der Waals surface area contributed by atoms with Crippen LogP contribution in [0, 0.1) is 18.8 Å². The van der Waals surface area contributed by atoms with Crippen LogP contribution in [0.1, 0.15) is 36.2 Å². The van der Waals surface area contributed by atoms with E-state index in [1.54, 1.807) is 30.8 Å². The lowest BCUT2D eigenvalue weighted by Crippen LogP contribution is -2.43. The van der Waals surface area contributed by atoms with E-state index in [2.05, 4.69) is 25.6 Å². The molecule has 0 radical (unpaired) electrons. The molecule has 1 saturated carbocycles. The normalized spacial score (nSPS) is 21.8. The number of hydrogen-bond donors (Lipinski definition) is 4. The Kier molecular flexibility index (Phi) is 6.89. The number of ether oxygens (including phenoxy) is 1. The summed E-state index contributed by atoms with van der Waals surface area (Å²) >= 11 is 1.55. The van der Waals surface area contributed by atoms with Gasteiger partial charge in [0.05, 0.1) is 36.3 Å². The molecular formula is C25H30N6O4S. The number of nitrogens with zero attached hydrogens (tertiary/aromatic N) is 4. The predicted molar refractivity (Wildman–Crippen MR) is 137 cm³/mol. The van der Waals surface area contributed by atoms with Gasteiger partial charge >= 0.3 is 0 Å². The van der Waals surface area contributed by atoms with Crippen molar-refractivity contribution in [3.05, 3.63) is 46.3 Å². The van der Waals surface area contributed by atoms with E-state index in [-0.39, 0.29) is 18.4 Å². The first-order valence-corrected chi connectivity index (χ1v) is 12.8. The summed E-state index contributed by atoms with van der Waals surface area (Å²) in [5, 5.41) is 31.5. The van der Waals surface area contributed by atoms with Crippen LogP contribution in [-0.2, 0) is 17.9 Å². The van der Waals surface area contributed by atoms with E-state index in [0.29, 0.717) is 60.4 Å². The molecule has 36 heavy (non-hydrogen) atoms. The standard InChI is InChI=1S/C25H30N6O4S/c1-14-16(12-32)4-5-25(14,33)31-23-22(15(2)29-24(30-23)28-11-21-26-6-7-36-21)19-9-17-8-18(13-34-3)27-10-20(17)35-19/h6-10,14,16,32-33H,4-5,11-13H2,1-3H3,(H2,28,29,30,31). The number of aromatic nitrogens is 4. The number of aryl methyl sites for hydroxylation is 1. The van der Waals surface area contributed by atoms with Crippen LogP contribution in [0.2, 0.25) is 0 Å². The third-order valence-electron chi connectivity index (χ3n) is 6.90. The Morgan fingerprint density at radius 1 is 1.28 bits per heavy atom. The Hall–Kier alpha value is -3.12. The molecule has 11 heteroatoms. The van der Waals surface area contributed by atoms with Gasteiger partial charge in [0, 0.05) is 36.6 Å². The summed E-state index contributed by atoms with van der Waals surface area (Å²) in [6.07, 6.45) is 4.65. The summed E-state index contributed by atoms with van der Waals surface area (Å²) < 4.78 is 11.4. The molecule has 0 amide bonds. The van der Waals surface area contributed by atoms with E-state index in [4.69, 9.17) is 14.1 Å². The summed E-state index contributed by atoms with van der Waals surface area (Å²) in [6, 6.07) is 3.85. The van der Waals surface area contributed by atoms with Crippen LogP contribution in [0.15, 0.2) is 34.3 Å². The molecule has 1 aliphatic rings. The first-order valence-electron chi connectivity index (χ1n) is 11.9. The number of rotatable bonds is 9. The van der Waals surface area contributed by atoms with E-state index in [1.807, 2.05) is 31.4 Å². The second-order valence-corrected chi connectivity index (χ2v) is 10.2. The average Bonchev–Trinajstić information content (AvgIpc) is 3.58. The number of anilines is 2. The monoisotopic (exact) mass is 510 g/mol. The first kappa shape index (κ1) is 24.6. The third kappa shape index (κ3) is 4.79. The minimum atomic E-state index is -1.23. The Bertz CT molecular complexity index is 1340. The molecule has 3 atom stereocenters. The van der Waals surface area contributed by atoms with Crippen LogP contribution >= 0.6 is 11.3 Å². The fourth-order valence-electron chi connectivity index (χ4n) is 4.78. The fourth-order valence-corrected chi connectivity index (χ4v) is 5.33. The zero-order chi connectivity index (χ0) is 25.3. The average molecular weight is 511 g/mol. The molecule has 4 aromatic heterocycles. The minimum absolute atomic E-state index is 0.00728. The highest BCUT2D eigenvalue weighted by Crippen LogP contribution is 2.43. The minimum Gasteiger partial charge on any atom is -0.454 e. The van der Waals surface area contributed by atoms with Crippen molar-refractivity contribution >= 4 is 34.1 Å². The van der Waals surface area contributed by atoms with Crippen molar-refractivity contribution < 1.29 is 19.4 Å². The van der Waals surface area contributed by atoms with Crippen molar-refractivity contribution in [1.82, 2.24) is 19.9 Å². The highest BCUT2D eigenvalue weighted by Gasteiger charge is 2.45. The van der Waals surface area contributed by atoms with E-state index >= 15 is 0 Å². The molecule has 190 valence electrons. The van der Waals surface area contributed by atoms with Gasteiger partial charge < -0.3 is 30.0 Å². The Balaban J connectivity index is 1.55. The van der Waals surface area contributed by atoms with Crippen molar-refractivity contribution in [3.63, 3.8) is 0 Å². The number of hydrogen-bond acceptors (Lipinski definition) is 11. The number of furan rings is 1. The Morgan fingerprint density at radius 3 is 2.86 bits per heavy atom. The van der Waals surface area contributed by atoms with Gasteiger partial charge in [0.15, 0.2) is 5.58 Å². The number of nitrogens with one attached hydrogen (secondary N) is 2. The molecule has 5 rings (SSSR count). The molecule has 4 heterocycles. The second-order valence-electron chi connectivity index (χ2n) is 9.21. The fraction of sp³-hybridized carbons (Fsp3) is 0.440. The largest absolute Gasteiger partial charge is 0.454 e. The van der Waals surface area contributed by atoms with Gasteiger partial charge in [0.25, 0.3) is 0 Å². The maximum absolute atomic E-state index is 11.5. The lowest BCUT2D eigenvalue weighted by Gasteiger charge is -2.32. The molecule has 4 N–H and O–H groups in total. The van der Waals surface area contributed by atoms with Crippen molar-refractivity contribution in [3.8, 4) is 11.3 Å². The van der Waals surface area contributed by atoms with Crippen molar-refractivity contribution in [2.24, 2.45) is 11.8 Å². The molecule has 3 unspecified atom stereocenters. The lowest BCUT2D eigenvalue weighted by molar-refractivity contribution is 0.0202. The first-order chi connectivity index (χ1) is 17.4. The summed E-state index contributed by atoms with van der Waals surface area (Å²) in [5.41, 5.74) is 1.55. The van der Waals surface area contributed by atoms with E-state index in [9.17, 15) is 10.2 Å². The molecule has 0 aliphatic heterocycles. The number of fused-ring (bicyclic) bond motifs is 1. The molecule has 0 bridgehead atoms. The predicted octanol–water partition coefficient (Wildman–Crippen LogP) is 3.95. The number of pyridine rings is 1. The molecule has 4 aromatic rings. The smallest absolute Gasteiger partial charge is 0.225 e. The third-order valence-corrected chi connectivity index (χ3v) is 7.68. The summed E-state index contributed by atoms with van der Waals surface area (Å²) in [5.74, 6) is 1.28. The van der Waals surface area contributed by atoms with Gasteiger partial charge in [-0.05, 0) is 37.8 Å². The Labute approximate surface area is 212 Å². The van der Waals surface area contributed by atoms with Crippen LogP contribution in [-0.4, -0.2) is 49.6 Å². The van der Waals surface area contributed by atoms with Crippen molar-refractivity contribution in [2.45, 2.75) is 45.6 Å². The van der Waals surface area contributed by atoms with E-state index in [1.165, 1.54) is 0 Å². The van der Waals surface area contributed by atoms with Crippen molar-refractivity contribution in [1.29, 1.82) is 0 Å². The SMILES string of the molecule is COCc1cc2cc(-c3c(C)nc(NCc4nccs4)nc3NC3(O)CCC(CO)C3C)oc2cn1. The number of methoxy groups -OCH3 is 1. The van der Waals surface area contributed by atoms with E-state index < -0.39 is 5.72 Å². The Morgan fingerprint density at radius 2 is 2.14 bits per heavy atom.